The molecule has 0 heterocycles. The number of benzene rings is 1. The Labute approximate surface area is 74.2 Å². The molecule has 0 spiro atoms. The molecule has 1 rings (SSSR count). The smallest absolute Gasteiger partial charge is 0.0474 e. The van der Waals surface area contributed by atoms with E-state index in [1.54, 1.807) is 0 Å². The Morgan fingerprint density at radius 3 is 1.91 bits per heavy atom. The van der Waals surface area contributed by atoms with Gasteiger partial charge in [-0.05, 0) is 12.5 Å². The Balaban J connectivity index is 0.000000461. The van der Waals surface area contributed by atoms with E-state index in [-0.39, 0.29) is 0 Å². The van der Waals surface area contributed by atoms with Crippen LogP contribution in [0.15, 0.2) is 24.3 Å². The Bertz CT molecular complexity index is 177. The second-order valence-corrected chi connectivity index (χ2v) is 2.39. The lowest BCUT2D eigenvalue weighted by Gasteiger charge is -1.93. The Morgan fingerprint density at radius 2 is 1.55 bits per heavy atom. The average Bonchev–Trinajstić information content (AvgIpc) is 2.10. The molecule has 0 amide bonds. The first-order chi connectivity index (χ1) is 5.33. The Morgan fingerprint density at radius 1 is 1.09 bits per heavy atom. The molecule has 0 saturated heterocycles. The fraction of sp³-hybridized carbons (Fsp3) is 0.400. The maximum atomic E-state index is 5.58. The van der Waals surface area contributed by atoms with E-state index in [0.29, 0.717) is 5.88 Å². The summed E-state index contributed by atoms with van der Waals surface area (Å²) in [7, 11) is 0. The summed E-state index contributed by atoms with van der Waals surface area (Å²) in [4.78, 5) is 0. The van der Waals surface area contributed by atoms with Crippen molar-refractivity contribution in [2.45, 2.75) is 26.7 Å². The molecule has 0 unspecified atom stereocenters. The molecule has 0 bridgehead atoms. The van der Waals surface area contributed by atoms with Gasteiger partial charge in [0, 0.05) is 5.88 Å². The minimum Gasteiger partial charge on any atom is -0.122 e. The first kappa shape index (κ1) is 10.5. The zero-order valence-corrected chi connectivity index (χ0v) is 8.15. The van der Waals surface area contributed by atoms with Crippen LogP contribution < -0.4 is 0 Å². The van der Waals surface area contributed by atoms with Crippen molar-refractivity contribution in [2.24, 2.45) is 0 Å². The van der Waals surface area contributed by atoms with Gasteiger partial charge in [-0.2, -0.15) is 0 Å². The number of rotatable bonds is 1. The molecule has 0 aliphatic heterocycles. The van der Waals surface area contributed by atoms with Crippen molar-refractivity contribution in [1.29, 1.82) is 0 Å². The molecule has 0 N–H and O–H groups in total. The van der Waals surface area contributed by atoms with Gasteiger partial charge in [0.2, 0.25) is 0 Å². The average molecular weight is 171 g/mol. The van der Waals surface area contributed by atoms with E-state index in [2.05, 4.69) is 19.1 Å². The second-order valence-electron chi connectivity index (χ2n) is 2.12. The monoisotopic (exact) mass is 170 g/mol. The number of alkyl halides is 1. The van der Waals surface area contributed by atoms with E-state index >= 15 is 0 Å². The lowest BCUT2D eigenvalue weighted by Crippen LogP contribution is -1.75. The lowest BCUT2D eigenvalue weighted by atomic mass is 10.2. The molecular weight excluding hydrogens is 156 g/mol. The summed E-state index contributed by atoms with van der Waals surface area (Å²) >= 11 is 5.58. The van der Waals surface area contributed by atoms with E-state index < -0.39 is 0 Å². The third kappa shape index (κ3) is 4.05. The van der Waals surface area contributed by atoms with Crippen LogP contribution in [0.4, 0.5) is 0 Å². The highest BCUT2D eigenvalue weighted by Gasteiger charge is 1.86. The maximum absolute atomic E-state index is 5.58. The molecule has 0 nitrogen and oxygen atoms in total. The van der Waals surface area contributed by atoms with Crippen LogP contribution in [0.25, 0.3) is 0 Å². The van der Waals surface area contributed by atoms with Crippen molar-refractivity contribution >= 4 is 11.6 Å². The highest BCUT2D eigenvalue weighted by Crippen LogP contribution is 2.04. The molecule has 0 aliphatic carbocycles. The quantitative estimate of drug-likeness (QED) is 0.563. The standard InChI is InChI=1S/C8H9Cl.C2H6/c1-7-2-4-8(6-9)5-3-7;1-2/h2-5H,6H2,1H3;1-2H3. The van der Waals surface area contributed by atoms with Crippen LogP contribution >= 0.6 is 11.6 Å². The molecule has 62 valence electrons. The van der Waals surface area contributed by atoms with Crippen LogP contribution in [0.1, 0.15) is 25.0 Å². The van der Waals surface area contributed by atoms with Crippen LogP contribution in [-0.4, -0.2) is 0 Å². The second kappa shape index (κ2) is 6.23. The SMILES string of the molecule is CC.Cc1ccc(CCl)cc1. The predicted octanol–water partition coefficient (Wildman–Crippen LogP) is 3.76. The first-order valence-corrected chi connectivity index (χ1v) is 4.48. The number of halogens is 1. The van der Waals surface area contributed by atoms with Gasteiger partial charge in [-0.1, -0.05) is 43.7 Å². The predicted molar refractivity (Wildman–Crippen MR) is 52.1 cm³/mol. The maximum Gasteiger partial charge on any atom is 0.0474 e. The third-order valence-electron chi connectivity index (χ3n) is 1.27. The van der Waals surface area contributed by atoms with Crippen LogP contribution in [0, 0.1) is 6.92 Å². The number of aryl methyl sites for hydroxylation is 1. The summed E-state index contributed by atoms with van der Waals surface area (Å²) in [6.45, 7) is 6.07. The molecular formula is C10H15Cl. The molecule has 0 aliphatic rings. The van der Waals surface area contributed by atoms with Crippen molar-refractivity contribution in [2.75, 3.05) is 0 Å². The fourth-order valence-corrected chi connectivity index (χ4v) is 0.855. The fourth-order valence-electron chi connectivity index (χ4n) is 0.677. The van der Waals surface area contributed by atoms with Gasteiger partial charge in [-0.3, -0.25) is 0 Å². The molecule has 0 radical (unpaired) electrons. The van der Waals surface area contributed by atoms with Crippen molar-refractivity contribution in [3.8, 4) is 0 Å². The normalized spacial score (nSPS) is 8.36. The highest BCUT2D eigenvalue weighted by molar-refractivity contribution is 6.17. The Kier molecular flexibility index (Phi) is 5.96. The lowest BCUT2D eigenvalue weighted by molar-refractivity contribution is 1.36. The minimum absolute atomic E-state index is 0.611. The van der Waals surface area contributed by atoms with Gasteiger partial charge in [0.15, 0.2) is 0 Å². The van der Waals surface area contributed by atoms with Crippen molar-refractivity contribution < 1.29 is 0 Å². The van der Waals surface area contributed by atoms with Crippen molar-refractivity contribution in [1.82, 2.24) is 0 Å². The van der Waals surface area contributed by atoms with Crippen LogP contribution in [-0.2, 0) is 5.88 Å². The molecule has 0 atom stereocenters. The summed E-state index contributed by atoms with van der Waals surface area (Å²) in [5.41, 5.74) is 2.46. The summed E-state index contributed by atoms with van der Waals surface area (Å²) in [5, 5.41) is 0. The van der Waals surface area contributed by atoms with E-state index in [9.17, 15) is 0 Å². The van der Waals surface area contributed by atoms with E-state index in [1.807, 2.05) is 26.0 Å². The number of hydrogen-bond donors (Lipinski definition) is 0. The van der Waals surface area contributed by atoms with Crippen molar-refractivity contribution in [3.63, 3.8) is 0 Å². The van der Waals surface area contributed by atoms with Gasteiger partial charge in [0.25, 0.3) is 0 Å². The van der Waals surface area contributed by atoms with Gasteiger partial charge in [0.1, 0.15) is 0 Å². The summed E-state index contributed by atoms with van der Waals surface area (Å²) in [6.07, 6.45) is 0. The van der Waals surface area contributed by atoms with Crippen molar-refractivity contribution in [3.05, 3.63) is 35.4 Å². The van der Waals surface area contributed by atoms with Gasteiger partial charge >= 0.3 is 0 Å². The molecule has 1 aromatic rings. The van der Waals surface area contributed by atoms with Gasteiger partial charge in [-0.25, -0.2) is 0 Å². The molecule has 0 aromatic heterocycles. The molecule has 0 fully saturated rings. The molecule has 1 aromatic carbocycles. The Hall–Kier alpha value is -0.490. The molecule has 0 saturated carbocycles. The van der Waals surface area contributed by atoms with E-state index in [4.69, 9.17) is 11.6 Å². The highest BCUT2D eigenvalue weighted by atomic mass is 35.5. The zero-order chi connectivity index (χ0) is 8.69. The van der Waals surface area contributed by atoms with E-state index in [0.717, 1.165) is 0 Å². The van der Waals surface area contributed by atoms with Crippen LogP contribution in [0.3, 0.4) is 0 Å². The van der Waals surface area contributed by atoms with E-state index in [1.165, 1.54) is 11.1 Å². The zero-order valence-electron chi connectivity index (χ0n) is 7.39. The van der Waals surface area contributed by atoms with Gasteiger partial charge in [-0.15, -0.1) is 11.6 Å². The topological polar surface area (TPSA) is 0 Å². The first-order valence-electron chi connectivity index (χ1n) is 3.94. The minimum atomic E-state index is 0.611. The summed E-state index contributed by atoms with van der Waals surface area (Å²) < 4.78 is 0. The molecule has 11 heavy (non-hydrogen) atoms. The van der Waals surface area contributed by atoms with Crippen LogP contribution in [0.2, 0.25) is 0 Å². The summed E-state index contributed by atoms with van der Waals surface area (Å²) in [5.74, 6) is 0.611. The third-order valence-corrected chi connectivity index (χ3v) is 1.58. The largest absolute Gasteiger partial charge is 0.122 e. The summed E-state index contributed by atoms with van der Waals surface area (Å²) in [6, 6.07) is 8.22. The van der Waals surface area contributed by atoms with Gasteiger partial charge < -0.3 is 0 Å². The number of hydrogen-bond acceptors (Lipinski definition) is 0. The molecule has 1 heteroatoms. The van der Waals surface area contributed by atoms with Crippen LogP contribution in [0.5, 0.6) is 0 Å². The van der Waals surface area contributed by atoms with Gasteiger partial charge in [0.05, 0.1) is 0 Å².